The Bertz CT molecular complexity index is 441. The summed E-state index contributed by atoms with van der Waals surface area (Å²) >= 11 is 2.11. The second kappa shape index (κ2) is 5.70. The summed E-state index contributed by atoms with van der Waals surface area (Å²) in [5.41, 5.74) is 1.57. The van der Waals surface area contributed by atoms with Gasteiger partial charge in [-0.15, -0.1) is 11.8 Å². The molecule has 3 aliphatic rings. The highest BCUT2D eigenvalue weighted by atomic mass is 32.2. The minimum atomic E-state index is 0.754. The predicted octanol–water partition coefficient (Wildman–Crippen LogP) is 2.92. The Hall–Kier alpha value is -0.510. The zero-order chi connectivity index (χ0) is 13.4. The fourth-order valence-electron chi connectivity index (χ4n) is 3.63. The van der Waals surface area contributed by atoms with Crippen LogP contribution in [-0.4, -0.2) is 41.9 Å². The highest BCUT2D eigenvalue weighted by Gasteiger charge is 2.34. The van der Waals surface area contributed by atoms with Gasteiger partial charge in [0.2, 0.25) is 0 Å². The molecule has 0 radical (unpaired) electrons. The van der Waals surface area contributed by atoms with Crippen LogP contribution in [0, 0.1) is 0 Å². The van der Waals surface area contributed by atoms with Gasteiger partial charge < -0.3 is 5.32 Å². The summed E-state index contributed by atoms with van der Waals surface area (Å²) in [4.78, 5) is 4.30. The number of hydrogen-bond donors (Lipinski definition) is 1. The first-order valence-electron chi connectivity index (χ1n) is 8.10. The minimum absolute atomic E-state index is 0.754. The Labute approximate surface area is 126 Å². The molecule has 1 saturated carbocycles. The molecule has 0 amide bonds. The molecule has 0 aromatic heterocycles. The Morgan fingerprint density at radius 1 is 1.15 bits per heavy atom. The highest BCUT2D eigenvalue weighted by Crippen LogP contribution is 2.38. The number of benzene rings is 1. The van der Waals surface area contributed by atoms with Gasteiger partial charge in [0.15, 0.2) is 0 Å². The van der Waals surface area contributed by atoms with Crippen LogP contribution in [0.2, 0.25) is 0 Å². The van der Waals surface area contributed by atoms with Crippen molar-refractivity contribution in [2.75, 3.05) is 19.6 Å². The first-order chi connectivity index (χ1) is 9.88. The summed E-state index contributed by atoms with van der Waals surface area (Å²) < 4.78 is 0. The lowest BCUT2D eigenvalue weighted by Crippen LogP contribution is -2.41. The van der Waals surface area contributed by atoms with Gasteiger partial charge in [0, 0.05) is 35.3 Å². The number of rotatable bonds is 5. The van der Waals surface area contributed by atoms with Crippen LogP contribution in [0.1, 0.15) is 31.2 Å². The quantitative estimate of drug-likeness (QED) is 0.897. The summed E-state index contributed by atoms with van der Waals surface area (Å²) in [6.45, 7) is 3.78. The lowest BCUT2D eigenvalue weighted by Gasteiger charge is -2.27. The van der Waals surface area contributed by atoms with Crippen LogP contribution in [0.15, 0.2) is 29.2 Å². The van der Waals surface area contributed by atoms with Crippen molar-refractivity contribution in [3.05, 3.63) is 29.8 Å². The maximum absolute atomic E-state index is 3.66. The average Bonchev–Trinajstić information content (AvgIpc) is 3.03. The largest absolute Gasteiger partial charge is 0.313 e. The van der Waals surface area contributed by atoms with Crippen LogP contribution in [-0.2, 0) is 6.42 Å². The summed E-state index contributed by atoms with van der Waals surface area (Å²) in [6, 6.07) is 10.6. The fraction of sp³-hybridized carbons (Fsp3) is 0.647. The molecule has 2 aliphatic heterocycles. The zero-order valence-corrected chi connectivity index (χ0v) is 12.9. The minimum Gasteiger partial charge on any atom is -0.313 e. The maximum Gasteiger partial charge on any atom is 0.0263 e. The van der Waals surface area contributed by atoms with Gasteiger partial charge in [-0.25, -0.2) is 0 Å². The van der Waals surface area contributed by atoms with Crippen molar-refractivity contribution in [2.24, 2.45) is 0 Å². The van der Waals surface area contributed by atoms with E-state index in [1.807, 2.05) is 0 Å². The normalized spacial score (nSPS) is 29.1. The molecule has 1 saturated heterocycles. The van der Waals surface area contributed by atoms with Gasteiger partial charge in [-0.2, -0.15) is 0 Å². The summed E-state index contributed by atoms with van der Waals surface area (Å²) in [5.74, 6) is 0. The van der Waals surface area contributed by atoms with Gasteiger partial charge in [0.25, 0.3) is 0 Å². The molecule has 1 aromatic rings. The zero-order valence-electron chi connectivity index (χ0n) is 12.1. The topological polar surface area (TPSA) is 15.3 Å². The van der Waals surface area contributed by atoms with Crippen LogP contribution >= 0.6 is 11.8 Å². The monoisotopic (exact) mass is 288 g/mol. The van der Waals surface area contributed by atoms with Crippen molar-refractivity contribution >= 4 is 11.8 Å². The van der Waals surface area contributed by atoms with Gasteiger partial charge in [-0.3, -0.25) is 4.90 Å². The Morgan fingerprint density at radius 2 is 2.05 bits per heavy atom. The van der Waals surface area contributed by atoms with Gasteiger partial charge in [0.1, 0.15) is 0 Å². The van der Waals surface area contributed by atoms with Crippen molar-refractivity contribution in [1.82, 2.24) is 10.2 Å². The van der Waals surface area contributed by atoms with Gasteiger partial charge in [0.05, 0.1) is 0 Å². The first-order valence-corrected chi connectivity index (χ1v) is 8.98. The Morgan fingerprint density at radius 3 is 2.80 bits per heavy atom. The van der Waals surface area contributed by atoms with Crippen LogP contribution < -0.4 is 5.32 Å². The van der Waals surface area contributed by atoms with E-state index in [1.54, 1.807) is 5.56 Å². The molecule has 2 nitrogen and oxygen atoms in total. The number of thioether (sulfide) groups is 1. The van der Waals surface area contributed by atoms with E-state index >= 15 is 0 Å². The summed E-state index contributed by atoms with van der Waals surface area (Å²) in [6.07, 6.45) is 6.87. The van der Waals surface area contributed by atoms with E-state index in [0.29, 0.717) is 0 Å². The smallest absolute Gasteiger partial charge is 0.0263 e. The molecule has 2 fully saturated rings. The Kier molecular flexibility index (Phi) is 3.76. The molecule has 1 aromatic carbocycles. The van der Waals surface area contributed by atoms with E-state index in [0.717, 1.165) is 17.3 Å². The van der Waals surface area contributed by atoms with E-state index in [4.69, 9.17) is 0 Å². The van der Waals surface area contributed by atoms with E-state index in [9.17, 15) is 0 Å². The predicted molar refractivity (Wildman–Crippen MR) is 85.4 cm³/mol. The van der Waals surface area contributed by atoms with Gasteiger partial charge >= 0.3 is 0 Å². The molecular formula is C17H24N2S. The lowest BCUT2D eigenvalue weighted by molar-refractivity contribution is 0.240. The van der Waals surface area contributed by atoms with Crippen LogP contribution in [0.4, 0.5) is 0 Å². The SMILES string of the molecule is c1ccc2c(c1)CC(CN(CC1CCCN1)C1CC1)S2. The molecule has 2 atom stereocenters. The summed E-state index contributed by atoms with van der Waals surface area (Å²) in [5, 5.41) is 4.44. The molecule has 0 spiro atoms. The number of fused-ring (bicyclic) bond motifs is 1. The molecule has 1 aliphatic carbocycles. The first kappa shape index (κ1) is 13.2. The molecule has 2 unspecified atom stereocenters. The number of hydrogen-bond acceptors (Lipinski definition) is 3. The molecule has 3 heteroatoms. The van der Waals surface area contributed by atoms with Crippen LogP contribution in [0.3, 0.4) is 0 Å². The summed E-state index contributed by atoms with van der Waals surface area (Å²) in [7, 11) is 0. The molecule has 0 bridgehead atoms. The van der Waals surface area contributed by atoms with E-state index < -0.39 is 0 Å². The van der Waals surface area contributed by atoms with Crippen LogP contribution in [0.25, 0.3) is 0 Å². The fourth-order valence-corrected chi connectivity index (χ4v) is 4.97. The molecule has 108 valence electrons. The third-order valence-electron chi connectivity index (χ3n) is 4.83. The van der Waals surface area contributed by atoms with Gasteiger partial charge in [-0.1, -0.05) is 18.2 Å². The van der Waals surface area contributed by atoms with Gasteiger partial charge in [-0.05, 0) is 50.3 Å². The third kappa shape index (κ3) is 2.90. The van der Waals surface area contributed by atoms with Crippen molar-refractivity contribution in [3.63, 3.8) is 0 Å². The second-order valence-electron chi connectivity index (χ2n) is 6.53. The standard InChI is InChI=1S/C17H24N2S/c1-2-6-17-13(4-1)10-16(20-17)12-19(15-7-8-15)11-14-5-3-9-18-14/h1-2,4,6,14-16,18H,3,5,7-12H2. The van der Waals surface area contributed by atoms with Crippen molar-refractivity contribution in [2.45, 2.75) is 54.3 Å². The molecule has 2 heterocycles. The Balaban J connectivity index is 1.37. The van der Waals surface area contributed by atoms with E-state index in [2.05, 4.69) is 46.2 Å². The number of nitrogens with zero attached hydrogens (tertiary/aromatic N) is 1. The van der Waals surface area contributed by atoms with Crippen molar-refractivity contribution < 1.29 is 0 Å². The van der Waals surface area contributed by atoms with Crippen molar-refractivity contribution in [1.29, 1.82) is 0 Å². The van der Waals surface area contributed by atoms with E-state index in [-0.39, 0.29) is 0 Å². The number of nitrogens with one attached hydrogen (secondary N) is 1. The van der Waals surface area contributed by atoms with E-state index in [1.165, 1.54) is 56.6 Å². The molecule has 1 N–H and O–H groups in total. The molecular weight excluding hydrogens is 264 g/mol. The molecule has 4 rings (SSSR count). The maximum atomic E-state index is 3.66. The van der Waals surface area contributed by atoms with Crippen molar-refractivity contribution in [3.8, 4) is 0 Å². The molecule has 20 heavy (non-hydrogen) atoms. The van der Waals surface area contributed by atoms with Crippen LogP contribution in [0.5, 0.6) is 0 Å². The second-order valence-corrected chi connectivity index (χ2v) is 7.87. The third-order valence-corrected chi connectivity index (χ3v) is 6.13. The lowest BCUT2D eigenvalue weighted by atomic mass is 10.1. The average molecular weight is 288 g/mol. The highest BCUT2D eigenvalue weighted by molar-refractivity contribution is 8.00.